The fourth-order valence-electron chi connectivity index (χ4n) is 1.78. The van der Waals surface area contributed by atoms with Gasteiger partial charge in [-0.1, -0.05) is 31.5 Å². The van der Waals surface area contributed by atoms with Crippen molar-refractivity contribution in [1.82, 2.24) is 0 Å². The van der Waals surface area contributed by atoms with Gasteiger partial charge < -0.3 is 11.1 Å². The number of hydrogen-bond acceptors (Lipinski definition) is 2. The SMILES string of the molecule is CCCc1ccccc1NC(=O)CCC(C)(C)N. The van der Waals surface area contributed by atoms with E-state index < -0.39 is 0 Å². The number of benzene rings is 1. The van der Waals surface area contributed by atoms with Crippen molar-refractivity contribution < 1.29 is 4.79 Å². The molecule has 0 radical (unpaired) electrons. The van der Waals surface area contributed by atoms with E-state index in [1.165, 1.54) is 5.56 Å². The molecule has 1 rings (SSSR count). The second-order valence-electron chi connectivity index (χ2n) is 5.44. The molecule has 1 aromatic carbocycles. The van der Waals surface area contributed by atoms with Gasteiger partial charge >= 0.3 is 0 Å². The van der Waals surface area contributed by atoms with Gasteiger partial charge in [0, 0.05) is 17.6 Å². The van der Waals surface area contributed by atoms with Crippen molar-refractivity contribution in [2.24, 2.45) is 5.73 Å². The van der Waals surface area contributed by atoms with Crippen LogP contribution in [0.5, 0.6) is 0 Å². The molecule has 1 amide bonds. The van der Waals surface area contributed by atoms with Gasteiger partial charge in [-0.15, -0.1) is 0 Å². The first-order valence-corrected chi connectivity index (χ1v) is 6.59. The van der Waals surface area contributed by atoms with E-state index >= 15 is 0 Å². The summed E-state index contributed by atoms with van der Waals surface area (Å²) < 4.78 is 0. The standard InChI is InChI=1S/C15H24N2O/c1-4-7-12-8-5-6-9-13(12)17-14(18)10-11-15(2,3)16/h5-6,8-9H,4,7,10-11,16H2,1-3H3,(H,17,18). The van der Waals surface area contributed by atoms with Crippen molar-refractivity contribution in [3.8, 4) is 0 Å². The zero-order valence-corrected chi connectivity index (χ0v) is 11.6. The zero-order valence-electron chi connectivity index (χ0n) is 11.6. The molecule has 1 aromatic rings. The molecule has 0 aromatic heterocycles. The van der Waals surface area contributed by atoms with Crippen molar-refractivity contribution in [1.29, 1.82) is 0 Å². The molecule has 3 N–H and O–H groups in total. The zero-order chi connectivity index (χ0) is 13.6. The Morgan fingerprint density at radius 3 is 2.61 bits per heavy atom. The third kappa shape index (κ3) is 5.32. The summed E-state index contributed by atoms with van der Waals surface area (Å²) in [6.07, 6.45) is 3.21. The summed E-state index contributed by atoms with van der Waals surface area (Å²) in [6, 6.07) is 7.97. The van der Waals surface area contributed by atoms with Crippen LogP contribution in [0.4, 0.5) is 5.69 Å². The van der Waals surface area contributed by atoms with Crippen molar-refractivity contribution >= 4 is 11.6 Å². The molecule has 0 spiro atoms. The molecular weight excluding hydrogens is 224 g/mol. The van der Waals surface area contributed by atoms with E-state index in [0.717, 1.165) is 18.5 Å². The molecule has 0 atom stereocenters. The molecular formula is C15H24N2O. The maximum Gasteiger partial charge on any atom is 0.224 e. The van der Waals surface area contributed by atoms with Gasteiger partial charge in [0.15, 0.2) is 0 Å². The third-order valence-corrected chi connectivity index (χ3v) is 2.81. The second kappa shape index (κ2) is 6.55. The number of hydrogen-bond donors (Lipinski definition) is 2. The largest absolute Gasteiger partial charge is 0.326 e. The predicted molar refractivity (Wildman–Crippen MR) is 76.6 cm³/mol. The first-order chi connectivity index (χ1) is 8.42. The quantitative estimate of drug-likeness (QED) is 0.812. The minimum Gasteiger partial charge on any atom is -0.326 e. The lowest BCUT2D eigenvalue weighted by atomic mass is 10.00. The fourth-order valence-corrected chi connectivity index (χ4v) is 1.78. The highest BCUT2D eigenvalue weighted by Gasteiger charge is 2.13. The molecule has 0 unspecified atom stereocenters. The average molecular weight is 248 g/mol. The molecule has 100 valence electrons. The van der Waals surface area contributed by atoms with Gasteiger partial charge in [0.1, 0.15) is 0 Å². The van der Waals surface area contributed by atoms with E-state index in [-0.39, 0.29) is 11.4 Å². The van der Waals surface area contributed by atoms with Crippen molar-refractivity contribution in [2.45, 2.75) is 52.0 Å². The molecule has 0 heterocycles. The van der Waals surface area contributed by atoms with Gasteiger partial charge in [0.05, 0.1) is 0 Å². The lowest BCUT2D eigenvalue weighted by Gasteiger charge is -2.18. The number of rotatable bonds is 6. The Labute approximate surface area is 110 Å². The van der Waals surface area contributed by atoms with Gasteiger partial charge in [-0.2, -0.15) is 0 Å². The van der Waals surface area contributed by atoms with Crippen LogP contribution in [0.25, 0.3) is 0 Å². The normalized spacial score (nSPS) is 11.3. The van der Waals surface area contributed by atoms with Crippen LogP contribution in [-0.4, -0.2) is 11.4 Å². The molecule has 0 saturated heterocycles. The highest BCUT2D eigenvalue weighted by molar-refractivity contribution is 5.91. The highest BCUT2D eigenvalue weighted by Crippen LogP contribution is 2.17. The van der Waals surface area contributed by atoms with Crippen LogP contribution in [0.15, 0.2) is 24.3 Å². The lowest BCUT2D eigenvalue weighted by Crippen LogP contribution is -2.33. The van der Waals surface area contributed by atoms with Gasteiger partial charge in [-0.05, 0) is 38.3 Å². The molecule has 0 saturated carbocycles. The monoisotopic (exact) mass is 248 g/mol. The Hall–Kier alpha value is -1.35. The maximum absolute atomic E-state index is 11.8. The Kier molecular flexibility index (Phi) is 5.35. The summed E-state index contributed by atoms with van der Waals surface area (Å²) in [5.41, 5.74) is 7.71. The van der Waals surface area contributed by atoms with Gasteiger partial charge in [-0.25, -0.2) is 0 Å². The molecule has 0 bridgehead atoms. The van der Waals surface area contributed by atoms with Crippen molar-refractivity contribution in [2.75, 3.05) is 5.32 Å². The number of carbonyl (C=O) groups excluding carboxylic acids is 1. The van der Waals surface area contributed by atoms with Crippen LogP contribution >= 0.6 is 0 Å². The highest BCUT2D eigenvalue weighted by atomic mass is 16.1. The minimum absolute atomic E-state index is 0.0390. The van der Waals surface area contributed by atoms with E-state index in [4.69, 9.17) is 5.73 Å². The third-order valence-electron chi connectivity index (χ3n) is 2.81. The molecule has 3 heteroatoms. The van der Waals surface area contributed by atoms with Crippen LogP contribution in [0.2, 0.25) is 0 Å². The Bertz CT molecular complexity index is 394. The number of aryl methyl sites for hydroxylation is 1. The van der Waals surface area contributed by atoms with Crippen LogP contribution in [0.1, 0.15) is 45.6 Å². The Morgan fingerprint density at radius 1 is 1.33 bits per heavy atom. The van der Waals surface area contributed by atoms with E-state index in [0.29, 0.717) is 12.8 Å². The summed E-state index contributed by atoms with van der Waals surface area (Å²) in [4.78, 5) is 11.8. The molecule has 3 nitrogen and oxygen atoms in total. The minimum atomic E-state index is -0.291. The van der Waals surface area contributed by atoms with Crippen LogP contribution < -0.4 is 11.1 Å². The summed E-state index contributed by atoms with van der Waals surface area (Å²) in [5.74, 6) is 0.0390. The first kappa shape index (κ1) is 14.7. The van der Waals surface area contributed by atoms with E-state index in [1.807, 2.05) is 32.0 Å². The number of nitrogens with two attached hydrogens (primary N) is 1. The van der Waals surface area contributed by atoms with Crippen molar-refractivity contribution in [3.63, 3.8) is 0 Å². The lowest BCUT2D eigenvalue weighted by molar-refractivity contribution is -0.116. The molecule has 0 fully saturated rings. The van der Waals surface area contributed by atoms with Gasteiger partial charge in [0.2, 0.25) is 5.91 Å². The summed E-state index contributed by atoms with van der Waals surface area (Å²) in [5, 5.41) is 2.97. The number of anilines is 1. The predicted octanol–water partition coefficient (Wildman–Crippen LogP) is 3.10. The van der Waals surface area contributed by atoms with E-state index in [9.17, 15) is 4.79 Å². The maximum atomic E-state index is 11.8. The smallest absolute Gasteiger partial charge is 0.224 e. The molecule has 18 heavy (non-hydrogen) atoms. The number of amides is 1. The Balaban J connectivity index is 2.59. The van der Waals surface area contributed by atoms with E-state index in [2.05, 4.69) is 18.3 Å². The van der Waals surface area contributed by atoms with Gasteiger partial charge in [-0.3, -0.25) is 4.79 Å². The van der Waals surface area contributed by atoms with E-state index in [1.54, 1.807) is 0 Å². The first-order valence-electron chi connectivity index (χ1n) is 6.59. The molecule has 0 aliphatic rings. The van der Waals surface area contributed by atoms with Crippen LogP contribution in [0, 0.1) is 0 Å². The van der Waals surface area contributed by atoms with Crippen LogP contribution in [0.3, 0.4) is 0 Å². The average Bonchev–Trinajstić information content (AvgIpc) is 2.29. The summed E-state index contributed by atoms with van der Waals surface area (Å²) in [6.45, 7) is 6.01. The van der Waals surface area contributed by atoms with Gasteiger partial charge in [0.25, 0.3) is 0 Å². The fraction of sp³-hybridized carbons (Fsp3) is 0.533. The molecule has 0 aliphatic heterocycles. The summed E-state index contributed by atoms with van der Waals surface area (Å²) in [7, 11) is 0. The Morgan fingerprint density at radius 2 is 2.00 bits per heavy atom. The number of nitrogens with one attached hydrogen (secondary N) is 1. The van der Waals surface area contributed by atoms with Crippen molar-refractivity contribution in [3.05, 3.63) is 29.8 Å². The summed E-state index contributed by atoms with van der Waals surface area (Å²) >= 11 is 0. The molecule has 0 aliphatic carbocycles. The second-order valence-corrected chi connectivity index (χ2v) is 5.44. The van der Waals surface area contributed by atoms with Crippen LogP contribution in [-0.2, 0) is 11.2 Å². The topological polar surface area (TPSA) is 55.1 Å². The number of carbonyl (C=O) groups is 1. The number of para-hydroxylation sites is 1.